The van der Waals surface area contributed by atoms with Crippen molar-refractivity contribution in [2.24, 2.45) is 7.05 Å². The van der Waals surface area contributed by atoms with Gasteiger partial charge >= 0.3 is 0 Å². The SMILES string of the molecule is CCC(NS(=O)(=O)c1ccccc1)c1ccc2c(c1)nc(C)n2C. The second-order valence-electron chi connectivity index (χ2n) is 5.86. The Balaban J connectivity index is 1.94. The minimum Gasteiger partial charge on any atom is -0.331 e. The van der Waals surface area contributed by atoms with Gasteiger partial charge in [-0.3, -0.25) is 0 Å². The number of benzene rings is 2. The number of aryl methyl sites for hydroxylation is 2. The molecule has 0 fully saturated rings. The number of rotatable bonds is 5. The van der Waals surface area contributed by atoms with Crippen LogP contribution in [-0.2, 0) is 17.1 Å². The molecule has 1 heterocycles. The highest BCUT2D eigenvalue weighted by atomic mass is 32.2. The summed E-state index contributed by atoms with van der Waals surface area (Å²) in [5, 5.41) is 0. The average Bonchev–Trinajstić information content (AvgIpc) is 2.87. The van der Waals surface area contributed by atoms with Crippen molar-refractivity contribution in [2.75, 3.05) is 0 Å². The van der Waals surface area contributed by atoms with Gasteiger partial charge in [0.05, 0.1) is 15.9 Å². The first-order chi connectivity index (χ1) is 11.4. The van der Waals surface area contributed by atoms with E-state index in [1.807, 2.05) is 43.7 Å². The third-order valence-electron chi connectivity index (χ3n) is 4.29. The quantitative estimate of drug-likeness (QED) is 0.773. The molecule has 0 amide bonds. The summed E-state index contributed by atoms with van der Waals surface area (Å²) in [6.45, 7) is 3.92. The largest absolute Gasteiger partial charge is 0.331 e. The lowest BCUT2D eigenvalue weighted by Crippen LogP contribution is -2.28. The molecule has 0 saturated carbocycles. The van der Waals surface area contributed by atoms with Crippen LogP contribution in [0.25, 0.3) is 11.0 Å². The van der Waals surface area contributed by atoms with Crippen molar-refractivity contribution in [3.8, 4) is 0 Å². The zero-order chi connectivity index (χ0) is 17.3. The summed E-state index contributed by atoms with van der Waals surface area (Å²) in [5.74, 6) is 0.931. The summed E-state index contributed by atoms with van der Waals surface area (Å²) < 4.78 is 30.0. The Hall–Kier alpha value is -2.18. The molecule has 24 heavy (non-hydrogen) atoms. The van der Waals surface area contributed by atoms with Crippen LogP contribution in [0.4, 0.5) is 0 Å². The Morgan fingerprint density at radius 3 is 2.54 bits per heavy atom. The number of aromatic nitrogens is 2. The molecule has 126 valence electrons. The average molecular weight is 343 g/mol. The normalized spacial score (nSPS) is 13.3. The van der Waals surface area contributed by atoms with Gasteiger partial charge < -0.3 is 4.57 Å². The van der Waals surface area contributed by atoms with Gasteiger partial charge in [-0.2, -0.15) is 0 Å². The number of imidazole rings is 1. The molecule has 0 aliphatic rings. The van der Waals surface area contributed by atoms with Crippen LogP contribution in [-0.4, -0.2) is 18.0 Å². The number of fused-ring (bicyclic) bond motifs is 1. The van der Waals surface area contributed by atoms with E-state index >= 15 is 0 Å². The first-order valence-electron chi connectivity index (χ1n) is 7.92. The molecule has 5 nitrogen and oxygen atoms in total. The van der Waals surface area contributed by atoms with Crippen LogP contribution in [0, 0.1) is 6.92 Å². The molecule has 3 aromatic rings. The van der Waals surface area contributed by atoms with Gasteiger partial charge in [0.15, 0.2) is 0 Å². The molecular weight excluding hydrogens is 322 g/mol. The van der Waals surface area contributed by atoms with E-state index in [0.717, 1.165) is 22.4 Å². The van der Waals surface area contributed by atoms with E-state index in [2.05, 4.69) is 9.71 Å². The predicted molar refractivity (Wildman–Crippen MR) is 95.2 cm³/mol. The highest BCUT2D eigenvalue weighted by Crippen LogP contribution is 2.24. The van der Waals surface area contributed by atoms with E-state index in [9.17, 15) is 8.42 Å². The maximum atomic E-state index is 12.6. The van der Waals surface area contributed by atoms with Crippen molar-refractivity contribution >= 4 is 21.1 Å². The third-order valence-corrected chi connectivity index (χ3v) is 5.78. The second-order valence-corrected chi connectivity index (χ2v) is 7.58. The lowest BCUT2D eigenvalue weighted by molar-refractivity contribution is 0.550. The maximum Gasteiger partial charge on any atom is 0.241 e. The Bertz CT molecular complexity index is 963. The van der Waals surface area contributed by atoms with Gasteiger partial charge in [-0.15, -0.1) is 0 Å². The molecule has 0 spiro atoms. The summed E-state index contributed by atoms with van der Waals surface area (Å²) in [4.78, 5) is 4.81. The van der Waals surface area contributed by atoms with Gasteiger partial charge in [0.25, 0.3) is 0 Å². The Labute approximate surface area is 142 Å². The van der Waals surface area contributed by atoms with E-state index in [4.69, 9.17) is 0 Å². The van der Waals surface area contributed by atoms with Crippen LogP contribution in [0.15, 0.2) is 53.4 Å². The van der Waals surface area contributed by atoms with Crippen LogP contribution in [0.5, 0.6) is 0 Å². The zero-order valence-corrected chi connectivity index (χ0v) is 14.8. The van der Waals surface area contributed by atoms with Crippen molar-refractivity contribution in [1.82, 2.24) is 14.3 Å². The topological polar surface area (TPSA) is 64.0 Å². The van der Waals surface area contributed by atoms with Gasteiger partial charge in [0, 0.05) is 13.1 Å². The monoisotopic (exact) mass is 343 g/mol. The van der Waals surface area contributed by atoms with Gasteiger partial charge in [0.2, 0.25) is 10.0 Å². The number of hydrogen-bond donors (Lipinski definition) is 1. The van der Waals surface area contributed by atoms with Gasteiger partial charge in [-0.05, 0) is 43.2 Å². The number of nitrogens with zero attached hydrogens (tertiary/aromatic N) is 2. The van der Waals surface area contributed by atoms with Crippen LogP contribution >= 0.6 is 0 Å². The Morgan fingerprint density at radius 1 is 1.17 bits per heavy atom. The van der Waals surface area contributed by atoms with E-state index in [-0.39, 0.29) is 10.9 Å². The van der Waals surface area contributed by atoms with Gasteiger partial charge in [-0.1, -0.05) is 31.2 Å². The molecule has 1 atom stereocenters. The molecule has 0 saturated heterocycles. The summed E-state index contributed by atoms with van der Waals surface area (Å²) in [6.07, 6.45) is 0.656. The molecular formula is C18H21N3O2S. The molecule has 1 aromatic heterocycles. The molecule has 2 aromatic carbocycles. The summed E-state index contributed by atoms with van der Waals surface area (Å²) >= 11 is 0. The molecule has 6 heteroatoms. The fourth-order valence-corrected chi connectivity index (χ4v) is 4.12. The first kappa shape index (κ1) is 16.7. The Kier molecular flexibility index (Phi) is 4.43. The highest BCUT2D eigenvalue weighted by molar-refractivity contribution is 7.89. The minimum atomic E-state index is -3.55. The zero-order valence-electron chi connectivity index (χ0n) is 14.0. The third kappa shape index (κ3) is 3.07. The van der Waals surface area contributed by atoms with Gasteiger partial charge in [0.1, 0.15) is 5.82 Å². The smallest absolute Gasteiger partial charge is 0.241 e. The van der Waals surface area contributed by atoms with Crippen molar-refractivity contribution in [3.63, 3.8) is 0 Å². The van der Waals surface area contributed by atoms with Crippen molar-refractivity contribution < 1.29 is 8.42 Å². The van der Waals surface area contributed by atoms with Crippen LogP contribution in [0.2, 0.25) is 0 Å². The summed E-state index contributed by atoms with van der Waals surface area (Å²) in [6, 6.07) is 14.1. The van der Waals surface area contributed by atoms with E-state index in [0.29, 0.717) is 6.42 Å². The number of sulfonamides is 1. The fourth-order valence-electron chi connectivity index (χ4n) is 2.80. The standard InChI is InChI=1S/C18H21N3O2S/c1-4-16(20-24(22,23)15-8-6-5-7-9-15)14-10-11-18-17(12-14)19-13(2)21(18)3/h5-12,16,20H,4H2,1-3H3. The second kappa shape index (κ2) is 6.37. The highest BCUT2D eigenvalue weighted by Gasteiger charge is 2.20. The lowest BCUT2D eigenvalue weighted by Gasteiger charge is -2.17. The molecule has 1 N–H and O–H groups in total. The molecule has 1 unspecified atom stereocenters. The molecule has 0 aliphatic carbocycles. The van der Waals surface area contributed by atoms with E-state index in [1.165, 1.54) is 0 Å². The lowest BCUT2D eigenvalue weighted by atomic mass is 10.1. The van der Waals surface area contributed by atoms with Crippen LogP contribution < -0.4 is 4.72 Å². The molecule has 0 radical (unpaired) electrons. The van der Waals surface area contributed by atoms with Crippen LogP contribution in [0.3, 0.4) is 0 Å². The minimum absolute atomic E-state index is 0.276. The van der Waals surface area contributed by atoms with E-state index < -0.39 is 10.0 Å². The number of nitrogens with one attached hydrogen (secondary N) is 1. The summed E-state index contributed by atoms with van der Waals surface area (Å²) in [7, 11) is -1.58. The summed E-state index contributed by atoms with van der Waals surface area (Å²) in [5.41, 5.74) is 2.84. The van der Waals surface area contributed by atoms with Crippen molar-refractivity contribution in [2.45, 2.75) is 31.2 Å². The van der Waals surface area contributed by atoms with Crippen molar-refractivity contribution in [1.29, 1.82) is 0 Å². The first-order valence-corrected chi connectivity index (χ1v) is 9.41. The predicted octanol–water partition coefficient (Wildman–Crippen LogP) is 3.31. The van der Waals surface area contributed by atoms with Crippen LogP contribution in [0.1, 0.15) is 30.8 Å². The maximum absolute atomic E-state index is 12.6. The van der Waals surface area contributed by atoms with Gasteiger partial charge in [-0.25, -0.2) is 18.1 Å². The van der Waals surface area contributed by atoms with E-state index in [1.54, 1.807) is 30.3 Å². The molecule has 3 rings (SSSR count). The molecule has 0 aliphatic heterocycles. The number of hydrogen-bond acceptors (Lipinski definition) is 3. The van der Waals surface area contributed by atoms with Crippen molar-refractivity contribution in [3.05, 3.63) is 59.9 Å². The fraction of sp³-hybridized carbons (Fsp3) is 0.278. The molecule has 0 bridgehead atoms. The Morgan fingerprint density at radius 2 is 1.88 bits per heavy atom.